The van der Waals surface area contributed by atoms with Gasteiger partial charge in [0.25, 0.3) is 0 Å². The Hall–Kier alpha value is -3.02. The molecule has 0 spiro atoms. The highest BCUT2D eigenvalue weighted by atomic mass is 16.7. The van der Waals surface area contributed by atoms with Crippen molar-refractivity contribution in [2.45, 2.75) is 43.2 Å². The summed E-state index contributed by atoms with van der Waals surface area (Å²) in [6, 6.07) is 13.3. The first kappa shape index (κ1) is 21.2. The highest BCUT2D eigenvalue weighted by molar-refractivity contribution is 6.00. The molecule has 0 radical (unpaired) electrons. The summed E-state index contributed by atoms with van der Waals surface area (Å²) in [7, 11) is 0. The smallest absolute Gasteiger partial charge is 0.335 e. The molecule has 2 aliphatic rings. The summed E-state index contributed by atoms with van der Waals surface area (Å²) < 4.78 is 11.2. The van der Waals surface area contributed by atoms with Crippen molar-refractivity contribution in [2.24, 2.45) is 5.73 Å². The van der Waals surface area contributed by atoms with E-state index in [1.165, 1.54) is 4.90 Å². The van der Waals surface area contributed by atoms with Crippen molar-refractivity contribution in [2.75, 3.05) is 4.90 Å². The zero-order valence-corrected chi connectivity index (χ0v) is 16.2. The standard InChI is InChI=1S/C21H22N2O8/c22-21(29)23-12-7-3-1-5-10(12)9-14(11-6-2-4-8-13(11)23)30-20-17(26)15(24)16(25)18(31-20)19(27)28/h1-8,14-18,20,24-26H,9H2,(H2,22,29)(H,27,28)/t14-,15+,16+,17-,18+,20-/m1/s1. The monoisotopic (exact) mass is 430 g/mol. The van der Waals surface area contributed by atoms with Crippen molar-refractivity contribution in [3.63, 3.8) is 0 Å². The summed E-state index contributed by atoms with van der Waals surface area (Å²) >= 11 is 0. The summed E-state index contributed by atoms with van der Waals surface area (Å²) in [4.78, 5) is 25.0. The van der Waals surface area contributed by atoms with Crippen molar-refractivity contribution >= 4 is 23.4 Å². The van der Waals surface area contributed by atoms with Crippen LogP contribution in [0.25, 0.3) is 0 Å². The number of anilines is 2. The van der Waals surface area contributed by atoms with Crippen LogP contribution < -0.4 is 10.6 Å². The quantitative estimate of drug-likeness (QED) is 0.467. The molecular weight excluding hydrogens is 408 g/mol. The number of carboxylic acids is 1. The minimum Gasteiger partial charge on any atom is -0.479 e. The van der Waals surface area contributed by atoms with Crippen LogP contribution in [0.1, 0.15) is 17.2 Å². The van der Waals surface area contributed by atoms with Gasteiger partial charge >= 0.3 is 12.0 Å². The maximum Gasteiger partial charge on any atom is 0.335 e. The molecule has 10 heteroatoms. The van der Waals surface area contributed by atoms with Gasteiger partial charge in [-0.1, -0.05) is 36.4 Å². The maximum atomic E-state index is 12.3. The molecule has 4 rings (SSSR count). The maximum absolute atomic E-state index is 12.3. The molecular formula is C21H22N2O8. The lowest BCUT2D eigenvalue weighted by Gasteiger charge is -2.39. The molecule has 1 saturated heterocycles. The number of amides is 2. The molecule has 31 heavy (non-hydrogen) atoms. The van der Waals surface area contributed by atoms with Gasteiger partial charge < -0.3 is 35.6 Å². The van der Waals surface area contributed by atoms with E-state index in [1.807, 2.05) is 0 Å². The number of para-hydroxylation sites is 2. The molecule has 2 amide bonds. The number of fused-ring (bicyclic) bond motifs is 2. The number of carbonyl (C=O) groups excluding carboxylic acids is 1. The van der Waals surface area contributed by atoms with Crippen LogP contribution in [0.2, 0.25) is 0 Å². The predicted octanol–water partition coefficient (Wildman–Crippen LogP) is 0.409. The van der Waals surface area contributed by atoms with E-state index in [1.54, 1.807) is 48.5 Å². The predicted molar refractivity (Wildman–Crippen MR) is 106 cm³/mol. The highest BCUT2D eigenvalue weighted by Gasteiger charge is 2.48. The second-order valence-corrected chi connectivity index (χ2v) is 7.43. The van der Waals surface area contributed by atoms with Gasteiger partial charge in [-0.25, -0.2) is 9.59 Å². The van der Waals surface area contributed by atoms with Gasteiger partial charge in [0.05, 0.1) is 17.5 Å². The highest BCUT2D eigenvalue weighted by Crippen LogP contribution is 2.42. The molecule has 6 atom stereocenters. The number of urea groups is 1. The summed E-state index contributed by atoms with van der Waals surface area (Å²) in [5.41, 5.74) is 7.97. The summed E-state index contributed by atoms with van der Waals surface area (Å²) in [5, 5.41) is 39.6. The van der Waals surface area contributed by atoms with Crippen molar-refractivity contribution in [1.29, 1.82) is 0 Å². The molecule has 2 aliphatic heterocycles. The summed E-state index contributed by atoms with van der Waals surface area (Å²) in [6.45, 7) is 0. The van der Waals surface area contributed by atoms with Crippen molar-refractivity contribution < 1.29 is 39.5 Å². The molecule has 6 N–H and O–H groups in total. The number of benzene rings is 2. The van der Waals surface area contributed by atoms with E-state index < -0.39 is 48.8 Å². The molecule has 10 nitrogen and oxygen atoms in total. The fourth-order valence-electron chi connectivity index (χ4n) is 3.99. The molecule has 0 unspecified atom stereocenters. The molecule has 2 aromatic rings. The van der Waals surface area contributed by atoms with Gasteiger partial charge in [-0.2, -0.15) is 0 Å². The number of nitrogens with zero attached hydrogens (tertiary/aromatic N) is 1. The normalized spacial score (nSPS) is 30.1. The van der Waals surface area contributed by atoms with Gasteiger partial charge in [-0.3, -0.25) is 4.90 Å². The van der Waals surface area contributed by atoms with E-state index in [-0.39, 0.29) is 6.42 Å². The third-order valence-electron chi connectivity index (χ3n) is 5.49. The molecule has 0 saturated carbocycles. The minimum atomic E-state index is -1.82. The second-order valence-electron chi connectivity index (χ2n) is 7.43. The first-order valence-corrected chi connectivity index (χ1v) is 9.64. The number of carboxylic acid groups (broad SMARTS) is 1. The number of nitrogens with two attached hydrogens (primary N) is 1. The molecule has 0 aromatic heterocycles. The number of hydrogen-bond donors (Lipinski definition) is 5. The number of carbonyl (C=O) groups is 2. The number of ether oxygens (including phenoxy) is 2. The van der Waals surface area contributed by atoms with E-state index in [0.29, 0.717) is 16.9 Å². The Morgan fingerprint density at radius 2 is 1.61 bits per heavy atom. The van der Waals surface area contributed by atoms with E-state index in [2.05, 4.69) is 0 Å². The Morgan fingerprint density at radius 1 is 0.968 bits per heavy atom. The van der Waals surface area contributed by atoms with Gasteiger partial charge in [-0.05, 0) is 17.7 Å². The van der Waals surface area contributed by atoms with Crippen LogP contribution in [-0.2, 0) is 20.7 Å². The van der Waals surface area contributed by atoms with Crippen molar-refractivity contribution in [3.8, 4) is 0 Å². The van der Waals surface area contributed by atoms with Gasteiger partial charge in [0.15, 0.2) is 12.4 Å². The molecule has 0 aliphatic carbocycles. The van der Waals surface area contributed by atoms with Crippen LogP contribution in [0.5, 0.6) is 0 Å². The lowest BCUT2D eigenvalue weighted by Crippen LogP contribution is -2.60. The van der Waals surface area contributed by atoms with Crippen LogP contribution >= 0.6 is 0 Å². The van der Waals surface area contributed by atoms with Crippen LogP contribution in [0.4, 0.5) is 16.2 Å². The first-order chi connectivity index (χ1) is 14.8. The van der Waals surface area contributed by atoms with E-state index in [9.17, 15) is 30.0 Å². The second kappa shape index (κ2) is 8.25. The number of hydrogen-bond acceptors (Lipinski definition) is 7. The Bertz CT molecular complexity index is 999. The first-order valence-electron chi connectivity index (χ1n) is 9.64. The molecule has 0 bridgehead atoms. The average molecular weight is 430 g/mol. The van der Waals surface area contributed by atoms with E-state index >= 15 is 0 Å². The SMILES string of the molecule is NC(=O)N1c2ccccc2C[C@@H](O[C@@H]2O[C@H](C(=O)O)[C@@H](O)[C@H](O)[C@H]2O)c2ccccc21. The number of rotatable bonds is 3. The lowest BCUT2D eigenvalue weighted by molar-refractivity contribution is -0.305. The Labute approximate surface area is 177 Å². The molecule has 164 valence electrons. The summed E-state index contributed by atoms with van der Waals surface area (Å²) in [6.07, 6.45) is -9.14. The Kier molecular flexibility index (Phi) is 5.65. The van der Waals surface area contributed by atoms with Gasteiger partial charge in [-0.15, -0.1) is 0 Å². The lowest BCUT2D eigenvalue weighted by atomic mass is 9.98. The van der Waals surface area contributed by atoms with Gasteiger partial charge in [0, 0.05) is 12.0 Å². The van der Waals surface area contributed by atoms with Crippen LogP contribution in [-0.4, -0.2) is 63.1 Å². The third-order valence-corrected chi connectivity index (χ3v) is 5.49. The van der Waals surface area contributed by atoms with Crippen molar-refractivity contribution in [1.82, 2.24) is 0 Å². The van der Waals surface area contributed by atoms with Crippen molar-refractivity contribution in [3.05, 3.63) is 59.7 Å². The van der Waals surface area contributed by atoms with E-state index in [4.69, 9.17) is 15.2 Å². The Morgan fingerprint density at radius 3 is 2.29 bits per heavy atom. The Balaban J connectivity index is 1.74. The number of aliphatic carboxylic acids is 1. The molecule has 2 heterocycles. The van der Waals surface area contributed by atoms with E-state index in [0.717, 1.165) is 5.56 Å². The van der Waals surface area contributed by atoms with Crippen LogP contribution in [0.3, 0.4) is 0 Å². The third kappa shape index (κ3) is 3.75. The van der Waals surface area contributed by atoms with Crippen LogP contribution in [0.15, 0.2) is 48.5 Å². The molecule has 2 aromatic carbocycles. The number of aliphatic hydroxyl groups excluding tert-OH is 3. The molecule has 1 fully saturated rings. The topological polar surface area (TPSA) is 163 Å². The average Bonchev–Trinajstić information content (AvgIpc) is 2.88. The zero-order chi connectivity index (χ0) is 22.3. The fourth-order valence-corrected chi connectivity index (χ4v) is 3.99. The largest absolute Gasteiger partial charge is 0.479 e. The summed E-state index contributed by atoms with van der Waals surface area (Å²) in [5.74, 6) is -1.50. The zero-order valence-electron chi connectivity index (χ0n) is 16.2. The van der Waals surface area contributed by atoms with Gasteiger partial charge in [0.1, 0.15) is 18.3 Å². The minimum absolute atomic E-state index is 0.250. The number of primary amides is 1. The van der Waals surface area contributed by atoms with Gasteiger partial charge in [0.2, 0.25) is 0 Å². The fraction of sp³-hybridized carbons (Fsp3) is 0.333. The number of aliphatic hydroxyl groups is 3. The van der Waals surface area contributed by atoms with Crippen LogP contribution in [0, 0.1) is 0 Å².